The van der Waals surface area contributed by atoms with Gasteiger partial charge in [-0.25, -0.2) is 13.6 Å². The van der Waals surface area contributed by atoms with Gasteiger partial charge < -0.3 is 10.1 Å². The Labute approximate surface area is 136 Å². The molecule has 0 aromatic heterocycles. The zero-order valence-corrected chi connectivity index (χ0v) is 14.3. The van der Waals surface area contributed by atoms with Crippen LogP contribution >= 0.6 is 0 Å². The van der Waals surface area contributed by atoms with Gasteiger partial charge in [-0.15, -0.1) is 0 Å². The molecular formula is C15H23N3O4S. The quantitative estimate of drug-likeness (QED) is 0.842. The summed E-state index contributed by atoms with van der Waals surface area (Å²) in [7, 11) is -3.73. The second-order valence-corrected chi connectivity index (χ2v) is 7.51. The lowest BCUT2D eigenvalue weighted by molar-refractivity contribution is -0.126. The third kappa shape index (κ3) is 4.74. The van der Waals surface area contributed by atoms with Crippen molar-refractivity contribution in [3.05, 3.63) is 24.3 Å². The Balaban J connectivity index is 2.01. The summed E-state index contributed by atoms with van der Waals surface area (Å²) < 4.78 is 28.1. The molecule has 1 amide bonds. The Morgan fingerprint density at radius 1 is 1.26 bits per heavy atom. The molecule has 1 heterocycles. The van der Waals surface area contributed by atoms with Gasteiger partial charge in [-0.05, 0) is 45.0 Å². The molecular weight excluding hydrogens is 318 g/mol. The smallest absolute Gasteiger partial charge is 0.241 e. The monoisotopic (exact) mass is 341 g/mol. The lowest BCUT2D eigenvalue weighted by Crippen LogP contribution is -2.52. The van der Waals surface area contributed by atoms with Crippen LogP contribution in [0, 0.1) is 0 Å². The maximum absolute atomic E-state index is 12.4. The van der Waals surface area contributed by atoms with Gasteiger partial charge in [0, 0.05) is 18.8 Å². The Morgan fingerprint density at radius 3 is 2.26 bits per heavy atom. The lowest BCUT2D eigenvalue weighted by Gasteiger charge is -2.38. The van der Waals surface area contributed by atoms with Crippen LogP contribution in [-0.4, -0.2) is 50.6 Å². The van der Waals surface area contributed by atoms with Crippen molar-refractivity contribution in [1.82, 2.24) is 4.90 Å². The molecule has 2 rings (SSSR count). The van der Waals surface area contributed by atoms with E-state index in [1.807, 2.05) is 20.8 Å². The molecule has 128 valence electrons. The van der Waals surface area contributed by atoms with E-state index in [1.165, 1.54) is 24.3 Å². The summed E-state index contributed by atoms with van der Waals surface area (Å²) in [5.74, 6) is -0.144. The number of sulfonamides is 1. The van der Waals surface area contributed by atoms with E-state index in [2.05, 4.69) is 10.2 Å². The summed E-state index contributed by atoms with van der Waals surface area (Å²) in [5.41, 5.74) is 0.531. The normalized spacial score (nSPS) is 24.2. The molecule has 23 heavy (non-hydrogen) atoms. The first-order chi connectivity index (χ1) is 10.7. The maximum atomic E-state index is 12.4. The first-order valence-electron chi connectivity index (χ1n) is 7.50. The van der Waals surface area contributed by atoms with Crippen molar-refractivity contribution in [2.45, 2.75) is 43.9 Å². The number of carbonyl (C=O) groups is 1. The van der Waals surface area contributed by atoms with Crippen molar-refractivity contribution in [2.75, 3.05) is 18.4 Å². The topological polar surface area (TPSA) is 102 Å². The summed E-state index contributed by atoms with van der Waals surface area (Å²) in [6, 6.07) is 5.48. The molecule has 1 aliphatic heterocycles. The highest BCUT2D eigenvalue weighted by atomic mass is 32.2. The number of nitrogens with zero attached hydrogens (tertiary/aromatic N) is 1. The fourth-order valence-corrected chi connectivity index (χ4v) is 3.19. The van der Waals surface area contributed by atoms with Crippen LogP contribution in [0.4, 0.5) is 5.69 Å². The highest BCUT2D eigenvalue weighted by Crippen LogP contribution is 2.16. The first kappa shape index (κ1) is 17.9. The predicted molar refractivity (Wildman–Crippen MR) is 87.5 cm³/mol. The molecule has 0 unspecified atom stereocenters. The molecule has 1 saturated heterocycles. The largest absolute Gasteiger partial charge is 0.373 e. The number of benzene rings is 1. The van der Waals surface area contributed by atoms with Gasteiger partial charge in [0.25, 0.3) is 0 Å². The van der Waals surface area contributed by atoms with Crippen LogP contribution in [0.3, 0.4) is 0 Å². The molecule has 7 nitrogen and oxygen atoms in total. The van der Waals surface area contributed by atoms with Crippen LogP contribution in [0.5, 0.6) is 0 Å². The van der Waals surface area contributed by atoms with E-state index >= 15 is 0 Å². The molecule has 0 aliphatic carbocycles. The summed E-state index contributed by atoms with van der Waals surface area (Å²) in [6.07, 6.45) is 0.172. The third-order valence-electron chi connectivity index (χ3n) is 3.83. The number of hydrogen-bond acceptors (Lipinski definition) is 5. The predicted octanol–water partition coefficient (Wildman–Crippen LogP) is 0.770. The number of anilines is 1. The molecule has 3 N–H and O–H groups in total. The third-order valence-corrected chi connectivity index (χ3v) is 4.75. The fourth-order valence-electron chi connectivity index (χ4n) is 2.67. The van der Waals surface area contributed by atoms with Crippen molar-refractivity contribution < 1.29 is 17.9 Å². The molecule has 0 bridgehead atoms. The van der Waals surface area contributed by atoms with Gasteiger partial charge in [0.1, 0.15) is 0 Å². The number of morpholine rings is 1. The van der Waals surface area contributed by atoms with Crippen LogP contribution in [0.15, 0.2) is 29.2 Å². The van der Waals surface area contributed by atoms with Gasteiger partial charge in [-0.3, -0.25) is 9.69 Å². The van der Waals surface area contributed by atoms with Gasteiger partial charge in [-0.1, -0.05) is 0 Å². The maximum Gasteiger partial charge on any atom is 0.241 e. The SMILES string of the molecule is C[C@@H]1CN([C@@H](C)C(=O)Nc2ccc(S(N)(=O)=O)cc2)C[C@@H](C)O1. The van der Waals surface area contributed by atoms with Crippen LogP contribution in [0.1, 0.15) is 20.8 Å². The summed E-state index contributed by atoms with van der Waals surface area (Å²) >= 11 is 0. The summed E-state index contributed by atoms with van der Waals surface area (Å²) in [4.78, 5) is 14.5. The summed E-state index contributed by atoms with van der Waals surface area (Å²) in [5, 5.41) is 7.84. The van der Waals surface area contributed by atoms with Gasteiger partial charge in [0.2, 0.25) is 15.9 Å². The molecule has 3 atom stereocenters. The minimum absolute atomic E-state index is 0.0133. The van der Waals surface area contributed by atoms with Crippen LogP contribution in [0.2, 0.25) is 0 Å². The van der Waals surface area contributed by atoms with Gasteiger partial charge in [0.05, 0.1) is 23.1 Å². The number of nitrogens with two attached hydrogens (primary N) is 1. The van der Waals surface area contributed by atoms with Crippen molar-refractivity contribution in [3.8, 4) is 0 Å². The van der Waals surface area contributed by atoms with E-state index in [9.17, 15) is 13.2 Å². The number of ether oxygens (including phenoxy) is 1. The molecule has 1 fully saturated rings. The average molecular weight is 341 g/mol. The van der Waals surface area contributed by atoms with Crippen molar-refractivity contribution >= 4 is 21.6 Å². The van der Waals surface area contributed by atoms with Gasteiger partial charge in [-0.2, -0.15) is 0 Å². The first-order valence-corrected chi connectivity index (χ1v) is 9.04. The number of primary sulfonamides is 1. The Hall–Kier alpha value is -1.48. The average Bonchev–Trinajstić information content (AvgIpc) is 2.45. The molecule has 1 aromatic carbocycles. The van der Waals surface area contributed by atoms with E-state index in [0.717, 1.165) is 0 Å². The molecule has 0 spiro atoms. The minimum Gasteiger partial charge on any atom is -0.373 e. The number of nitrogens with one attached hydrogen (secondary N) is 1. The van der Waals surface area contributed by atoms with Crippen molar-refractivity contribution in [3.63, 3.8) is 0 Å². The van der Waals surface area contributed by atoms with E-state index in [0.29, 0.717) is 18.8 Å². The van der Waals surface area contributed by atoms with Gasteiger partial charge in [0.15, 0.2) is 0 Å². The standard InChI is InChI=1S/C15H23N3O4S/c1-10-8-18(9-11(2)22-10)12(3)15(19)17-13-4-6-14(7-5-13)23(16,20)21/h4-7,10-12H,8-9H2,1-3H3,(H,17,19)(H2,16,20,21)/t10-,11-,12+/m1/s1. The number of carbonyl (C=O) groups excluding carboxylic acids is 1. The van der Waals surface area contributed by atoms with E-state index in [4.69, 9.17) is 9.88 Å². The minimum atomic E-state index is -3.73. The van der Waals surface area contributed by atoms with Crippen molar-refractivity contribution in [1.29, 1.82) is 0 Å². The van der Waals surface area contributed by atoms with Crippen LogP contribution in [-0.2, 0) is 19.6 Å². The Kier molecular flexibility index (Phi) is 5.41. The second-order valence-electron chi connectivity index (χ2n) is 5.95. The molecule has 0 radical (unpaired) electrons. The number of amides is 1. The number of hydrogen-bond donors (Lipinski definition) is 2. The summed E-state index contributed by atoms with van der Waals surface area (Å²) in [6.45, 7) is 7.21. The van der Waals surface area contributed by atoms with Crippen molar-refractivity contribution in [2.24, 2.45) is 5.14 Å². The zero-order valence-electron chi connectivity index (χ0n) is 13.5. The van der Waals surface area contributed by atoms with E-state index in [-0.39, 0.29) is 29.1 Å². The van der Waals surface area contributed by atoms with E-state index in [1.54, 1.807) is 0 Å². The Morgan fingerprint density at radius 2 is 1.78 bits per heavy atom. The van der Waals surface area contributed by atoms with E-state index < -0.39 is 10.0 Å². The fraction of sp³-hybridized carbons (Fsp3) is 0.533. The molecule has 8 heteroatoms. The molecule has 1 aliphatic rings. The number of rotatable bonds is 4. The highest BCUT2D eigenvalue weighted by molar-refractivity contribution is 7.89. The van der Waals surface area contributed by atoms with Crippen LogP contribution < -0.4 is 10.5 Å². The van der Waals surface area contributed by atoms with Crippen LogP contribution in [0.25, 0.3) is 0 Å². The highest BCUT2D eigenvalue weighted by Gasteiger charge is 2.29. The Bertz CT molecular complexity index is 650. The molecule has 0 saturated carbocycles. The lowest BCUT2D eigenvalue weighted by atomic mass is 10.1. The molecule has 1 aromatic rings. The zero-order chi connectivity index (χ0) is 17.2. The second kappa shape index (κ2) is 6.96. The van der Waals surface area contributed by atoms with Gasteiger partial charge >= 0.3 is 0 Å².